The average molecular weight is 209 g/mol. The van der Waals surface area contributed by atoms with Crippen molar-refractivity contribution in [2.75, 3.05) is 6.61 Å². The first kappa shape index (κ1) is 10.1. The van der Waals surface area contributed by atoms with E-state index in [-0.39, 0.29) is 12.6 Å². The minimum Gasteiger partial charge on any atom is -0.395 e. The summed E-state index contributed by atoms with van der Waals surface area (Å²) in [4.78, 5) is 0. The van der Waals surface area contributed by atoms with Crippen molar-refractivity contribution in [1.82, 2.24) is 0 Å². The van der Waals surface area contributed by atoms with Crippen molar-refractivity contribution in [3.63, 3.8) is 0 Å². The first-order chi connectivity index (χ1) is 7.19. The molecule has 0 heterocycles. The molecule has 4 aliphatic carbocycles. The molecule has 4 fully saturated rings. The Balaban J connectivity index is 1.75. The van der Waals surface area contributed by atoms with Crippen LogP contribution in [0.1, 0.15) is 44.9 Å². The molecule has 3 N–H and O–H groups in total. The van der Waals surface area contributed by atoms with Gasteiger partial charge in [0.15, 0.2) is 0 Å². The van der Waals surface area contributed by atoms with Gasteiger partial charge in [0.1, 0.15) is 0 Å². The number of hydrogen-bond acceptors (Lipinski definition) is 2. The van der Waals surface area contributed by atoms with Gasteiger partial charge in [-0.25, -0.2) is 0 Å². The first-order valence-electron chi connectivity index (χ1n) is 6.55. The third-order valence-electron chi connectivity index (χ3n) is 5.09. The number of nitrogens with two attached hydrogens (primary N) is 1. The zero-order valence-corrected chi connectivity index (χ0v) is 9.49. The lowest BCUT2D eigenvalue weighted by Gasteiger charge is -2.57. The van der Waals surface area contributed by atoms with E-state index < -0.39 is 0 Å². The van der Waals surface area contributed by atoms with Gasteiger partial charge in [0.25, 0.3) is 0 Å². The molecule has 0 aromatic rings. The maximum atomic E-state index is 9.11. The summed E-state index contributed by atoms with van der Waals surface area (Å²) < 4.78 is 0. The average Bonchev–Trinajstić information content (AvgIpc) is 2.14. The van der Waals surface area contributed by atoms with Crippen LogP contribution in [-0.4, -0.2) is 17.8 Å². The third-order valence-corrected chi connectivity index (χ3v) is 5.09. The molecule has 0 amide bonds. The van der Waals surface area contributed by atoms with Crippen LogP contribution in [0, 0.1) is 23.2 Å². The summed E-state index contributed by atoms with van der Waals surface area (Å²) in [6.45, 7) is 0.168. The second-order valence-electron chi connectivity index (χ2n) is 6.56. The molecular formula is C13H23NO. The van der Waals surface area contributed by atoms with Gasteiger partial charge in [0.2, 0.25) is 0 Å². The van der Waals surface area contributed by atoms with Crippen molar-refractivity contribution in [2.45, 2.75) is 51.0 Å². The van der Waals surface area contributed by atoms with Crippen LogP contribution in [0.2, 0.25) is 0 Å². The lowest BCUT2D eigenvalue weighted by molar-refractivity contribution is -0.0623. The maximum absolute atomic E-state index is 9.11. The molecule has 15 heavy (non-hydrogen) atoms. The molecule has 1 atom stereocenters. The van der Waals surface area contributed by atoms with E-state index in [1.807, 2.05) is 0 Å². The highest BCUT2D eigenvalue weighted by atomic mass is 16.3. The lowest BCUT2D eigenvalue weighted by atomic mass is 9.48. The summed E-state index contributed by atoms with van der Waals surface area (Å²) >= 11 is 0. The Morgan fingerprint density at radius 1 is 1.07 bits per heavy atom. The van der Waals surface area contributed by atoms with Gasteiger partial charge in [-0.3, -0.25) is 0 Å². The van der Waals surface area contributed by atoms with Crippen LogP contribution in [0.25, 0.3) is 0 Å². The Bertz CT molecular complexity index is 216. The largest absolute Gasteiger partial charge is 0.395 e. The number of aliphatic hydroxyl groups is 1. The Hall–Kier alpha value is -0.0800. The van der Waals surface area contributed by atoms with Crippen molar-refractivity contribution in [2.24, 2.45) is 28.9 Å². The number of hydrogen-bond donors (Lipinski definition) is 2. The SMILES string of the molecule is NC(CO)CC12CC3CC(CC(C3)C1)C2. The van der Waals surface area contributed by atoms with Crippen LogP contribution in [0.4, 0.5) is 0 Å². The molecule has 86 valence electrons. The topological polar surface area (TPSA) is 46.2 Å². The Kier molecular flexibility index (Phi) is 2.33. The van der Waals surface area contributed by atoms with Crippen molar-refractivity contribution in [3.8, 4) is 0 Å². The van der Waals surface area contributed by atoms with Gasteiger partial charge >= 0.3 is 0 Å². The smallest absolute Gasteiger partial charge is 0.0582 e. The molecule has 4 saturated carbocycles. The molecule has 0 spiro atoms. The normalized spacial score (nSPS) is 49.6. The van der Waals surface area contributed by atoms with E-state index in [1.165, 1.54) is 38.5 Å². The molecular weight excluding hydrogens is 186 g/mol. The molecule has 4 aliphatic rings. The van der Waals surface area contributed by atoms with Gasteiger partial charge in [-0.15, -0.1) is 0 Å². The number of rotatable bonds is 3. The van der Waals surface area contributed by atoms with E-state index in [4.69, 9.17) is 10.8 Å². The minimum atomic E-state index is 0.0289. The van der Waals surface area contributed by atoms with Crippen LogP contribution >= 0.6 is 0 Å². The molecule has 2 heteroatoms. The molecule has 0 aromatic carbocycles. The fourth-order valence-corrected chi connectivity index (χ4v) is 5.16. The highest BCUT2D eigenvalue weighted by Crippen LogP contribution is 2.61. The van der Waals surface area contributed by atoms with Crippen LogP contribution in [0.15, 0.2) is 0 Å². The standard InChI is InChI=1S/C13H23NO/c14-12(8-15)7-13-4-9-1-10(5-13)3-11(2-9)6-13/h9-12,15H,1-8,14H2. The minimum absolute atomic E-state index is 0.0289. The van der Waals surface area contributed by atoms with Crippen LogP contribution in [-0.2, 0) is 0 Å². The quantitative estimate of drug-likeness (QED) is 0.746. The third kappa shape index (κ3) is 1.72. The van der Waals surface area contributed by atoms with Crippen molar-refractivity contribution in [1.29, 1.82) is 0 Å². The molecule has 4 bridgehead atoms. The fourth-order valence-electron chi connectivity index (χ4n) is 5.16. The van der Waals surface area contributed by atoms with Crippen molar-refractivity contribution in [3.05, 3.63) is 0 Å². The molecule has 2 nitrogen and oxygen atoms in total. The Labute approximate surface area is 92.2 Å². The molecule has 4 rings (SSSR count). The highest BCUT2D eigenvalue weighted by molar-refractivity contribution is 5.02. The van der Waals surface area contributed by atoms with Gasteiger partial charge in [-0.1, -0.05) is 0 Å². The summed E-state index contributed by atoms with van der Waals surface area (Å²) in [5.41, 5.74) is 6.48. The van der Waals surface area contributed by atoms with Crippen LogP contribution < -0.4 is 5.73 Å². The zero-order valence-electron chi connectivity index (χ0n) is 9.49. The van der Waals surface area contributed by atoms with Gasteiger partial charge in [0.05, 0.1) is 6.61 Å². The van der Waals surface area contributed by atoms with E-state index in [9.17, 15) is 0 Å². The van der Waals surface area contributed by atoms with Crippen molar-refractivity contribution >= 4 is 0 Å². The molecule has 0 saturated heterocycles. The predicted molar refractivity (Wildman–Crippen MR) is 60.3 cm³/mol. The summed E-state index contributed by atoms with van der Waals surface area (Å²) in [6, 6.07) is 0.0289. The first-order valence-corrected chi connectivity index (χ1v) is 6.55. The monoisotopic (exact) mass is 209 g/mol. The van der Waals surface area contributed by atoms with E-state index in [2.05, 4.69) is 0 Å². The summed E-state index contributed by atoms with van der Waals surface area (Å²) in [5, 5.41) is 9.11. The fraction of sp³-hybridized carbons (Fsp3) is 1.00. The van der Waals surface area contributed by atoms with Gasteiger partial charge < -0.3 is 10.8 Å². The van der Waals surface area contributed by atoms with E-state index in [1.54, 1.807) is 0 Å². The summed E-state index contributed by atoms with van der Waals surface area (Å²) in [7, 11) is 0. The maximum Gasteiger partial charge on any atom is 0.0582 e. The predicted octanol–water partition coefficient (Wildman–Crippen LogP) is 1.91. The van der Waals surface area contributed by atoms with E-state index in [0.29, 0.717) is 5.41 Å². The Morgan fingerprint density at radius 3 is 1.93 bits per heavy atom. The second kappa shape index (κ2) is 3.46. The molecule has 1 unspecified atom stereocenters. The lowest BCUT2D eigenvalue weighted by Crippen LogP contribution is -2.48. The van der Waals surface area contributed by atoms with Crippen molar-refractivity contribution < 1.29 is 5.11 Å². The van der Waals surface area contributed by atoms with Gasteiger partial charge in [0, 0.05) is 6.04 Å². The Morgan fingerprint density at radius 2 is 1.53 bits per heavy atom. The summed E-state index contributed by atoms with van der Waals surface area (Å²) in [5.74, 6) is 3.01. The van der Waals surface area contributed by atoms with E-state index >= 15 is 0 Å². The van der Waals surface area contributed by atoms with Gasteiger partial charge in [-0.2, -0.15) is 0 Å². The van der Waals surface area contributed by atoms with Crippen LogP contribution in [0.5, 0.6) is 0 Å². The molecule has 0 aromatic heterocycles. The van der Waals surface area contributed by atoms with E-state index in [0.717, 1.165) is 24.2 Å². The molecule has 0 radical (unpaired) electrons. The van der Waals surface area contributed by atoms with Crippen LogP contribution in [0.3, 0.4) is 0 Å². The highest BCUT2D eigenvalue weighted by Gasteiger charge is 2.50. The van der Waals surface area contributed by atoms with Gasteiger partial charge in [-0.05, 0) is 68.1 Å². The number of aliphatic hydroxyl groups excluding tert-OH is 1. The zero-order chi connectivity index (χ0) is 10.5. The molecule has 0 aliphatic heterocycles. The second-order valence-corrected chi connectivity index (χ2v) is 6.56. The summed E-state index contributed by atoms with van der Waals surface area (Å²) in [6.07, 6.45) is 9.79.